The molecule has 1 N–H and O–H groups in total. The highest BCUT2D eigenvalue weighted by Gasteiger charge is 2.23. The summed E-state index contributed by atoms with van der Waals surface area (Å²) in [4.78, 5) is 50.8. The number of carbonyl (C=O) groups excluding carboxylic acids is 4. The van der Waals surface area contributed by atoms with Crippen molar-refractivity contribution in [3.05, 3.63) is 131 Å². The topological polar surface area (TPSA) is 126 Å². The first-order valence-corrected chi connectivity index (χ1v) is 18.7. The van der Waals surface area contributed by atoms with Crippen LogP contribution in [0.1, 0.15) is 74.3 Å². The molecule has 10 nitrogen and oxygen atoms in total. The van der Waals surface area contributed by atoms with E-state index < -0.39 is 60.2 Å². The summed E-state index contributed by atoms with van der Waals surface area (Å²) in [6, 6.07) is 18.2. The number of benzene rings is 4. The van der Waals surface area contributed by atoms with Crippen LogP contribution in [-0.4, -0.2) is 46.7 Å². The third-order valence-corrected chi connectivity index (χ3v) is 8.59. The van der Waals surface area contributed by atoms with E-state index in [-0.39, 0.29) is 83.4 Å². The molecule has 3 amide bonds. The average molecular weight is 860 g/mol. The highest BCUT2D eigenvalue weighted by Crippen LogP contribution is 2.28. The lowest BCUT2D eigenvalue weighted by Gasteiger charge is -2.24. The number of rotatable bonds is 16. The van der Waals surface area contributed by atoms with Gasteiger partial charge in [-0.3, -0.25) is 19.2 Å². The van der Waals surface area contributed by atoms with Crippen molar-refractivity contribution in [2.75, 3.05) is 16.3 Å². The fourth-order valence-electron chi connectivity index (χ4n) is 5.64. The van der Waals surface area contributed by atoms with Gasteiger partial charge in [0.1, 0.15) is 23.3 Å². The minimum absolute atomic E-state index is 0.0249. The number of aromatic nitrogens is 2. The average Bonchev–Trinajstić information content (AvgIpc) is 3.69. The predicted octanol–water partition coefficient (Wildman–Crippen LogP) is 9.64. The quantitative estimate of drug-likeness (QED) is 0.0774. The lowest BCUT2D eigenvalue weighted by Crippen LogP contribution is -2.34. The SMILES string of the molecule is CC(C)CC(=O)N(Cc1ccc(-c2nnc(C(F)F)o2)cc1F)c1cccc(F)c1.CC(C)CC(=O)N(Cc1ccc(C(=O)CNC(=O)C(F)F)cc1F)c1cccc(F)c1. The van der Waals surface area contributed by atoms with E-state index in [4.69, 9.17) is 4.42 Å². The molecule has 0 atom stereocenters. The Morgan fingerprint density at radius 3 is 1.59 bits per heavy atom. The third-order valence-electron chi connectivity index (χ3n) is 8.59. The molecule has 0 fully saturated rings. The van der Waals surface area contributed by atoms with E-state index in [1.807, 2.05) is 27.7 Å². The number of anilines is 2. The number of alkyl halides is 4. The van der Waals surface area contributed by atoms with E-state index in [9.17, 15) is 54.3 Å². The molecule has 61 heavy (non-hydrogen) atoms. The van der Waals surface area contributed by atoms with Gasteiger partial charge in [0.25, 0.3) is 11.8 Å². The first-order valence-electron chi connectivity index (χ1n) is 18.7. The zero-order chi connectivity index (χ0) is 45.0. The maximum atomic E-state index is 14.7. The molecular formula is C43H41F8N5O5. The van der Waals surface area contributed by atoms with E-state index in [2.05, 4.69) is 10.2 Å². The van der Waals surface area contributed by atoms with Crippen LogP contribution in [0, 0.1) is 35.1 Å². The van der Waals surface area contributed by atoms with E-state index in [1.165, 1.54) is 76.5 Å². The van der Waals surface area contributed by atoms with Gasteiger partial charge in [-0.25, -0.2) is 17.6 Å². The lowest BCUT2D eigenvalue weighted by atomic mass is 10.1. The van der Waals surface area contributed by atoms with Gasteiger partial charge in [-0.15, -0.1) is 10.2 Å². The highest BCUT2D eigenvalue weighted by atomic mass is 19.3. The van der Waals surface area contributed by atoms with Gasteiger partial charge < -0.3 is 19.5 Å². The molecule has 5 rings (SSSR count). The Morgan fingerprint density at radius 1 is 0.656 bits per heavy atom. The normalized spacial score (nSPS) is 11.1. The summed E-state index contributed by atoms with van der Waals surface area (Å²) in [5.74, 6) is -6.53. The van der Waals surface area contributed by atoms with Crippen LogP contribution in [0.4, 0.5) is 46.5 Å². The van der Waals surface area contributed by atoms with Crippen molar-refractivity contribution in [2.24, 2.45) is 11.8 Å². The Bertz CT molecular complexity index is 2320. The van der Waals surface area contributed by atoms with Crippen LogP contribution in [0.2, 0.25) is 0 Å². The van der Waals surface area contributed by atoms with Crippen LogP contribution in [0.15, 0.2) is 89.3 Å². The minimum Gasteiger partial charge on any atom is -0.415 e. The van der Waals surface area contributed by atoms with Crippen LogP contribution in [0.25, 0.3) is 11.5 Å². The van der Waals surface area contributed by atoms with Gasteiger partial charge in [-0.05, 0) is 66.4 Å². The largest absolute Gasteiger partial charge is 0.415 e. The lowest BCUT2D eigenvalue weighted by molar-refractivity contribution is -0.131. The molecule has 0 aliphatic carbocycles. The van der Waals surface area contributed by atoms with Crippen molar-refractivity contribution in [3.63, 3.8) is 0 Å². The number of ketones is 1. The maximum absolute atomic E-state index is 14.7. The summed E-state index contributed by atoms with van der Waals surface area (Å²) in [7, 11) is 0. The fourth-order valence-corrected chi connectivity index (χ4v) is 5.64. The van der Waals surface area contributed by atoms with Crippen molar-refractivity contribution >= 4 is 34.9 Å². The van der Waals surface area contributed by atoms with Gasteiger partial charge in [0.2, 0.25) is 17.7 Å². The maximum Gasteiger partial charge on any atom is 0.315 e. The van der Waals surface area contributed by atoms with E-state index in [1.54, 1.807) is 11.4 Å². The van der Waals surface area contributed by atoms with Gasteiger partial charge >= 0.3 is 12.9 Å². The summed E-state index contributed by atoms with van der Waals surface area (Å²) >= 11 is 0. The molecule has 0 bridgehead atoms. The Balaban J connectivity index is 0.000000269. The second kappa shape index (κ2) is 21.7. The van der Waals surface area contributed by atoms with Crippen molar-refractivity contribution < 1.29 is 58.7 Å². The summed E-state index contributed by atoms with van der Waals surface area (Å²) in [5.41, 5.74) is 0.814. The Labute approximate surface area is 345 Å². The molecule has 0 saturated heterocycles. The minimum atomic E-state index is -3.26. The van der Waals surface area contributed by atoms with Crippen LogP contribution in [0.5, 0.6) is 0 Å². The number of carbonyl (C=O) groups is 4. The number of amides is 3. The summed E-state index contributed by atoms with van der Waals surface area (Å²) in [6.07, 6.45) is -5.82. The van der Waals surface area contributed by atoms with Crippen LogP contribution in [0.3, 0.4) is 0 Å². The van der Waals surface area contributed by atoms with Crippen LogP contribution in [-0.2, 0) is 27.5 Å². The molecule has 4 aromatic carbocycles. The van der Waals surface area contributed by atoms with Crippen molar-refractivity contribution in [1.82, 2.24) is 15.5 Å². The number of halogens is 8. The molecule has 0 saturated carbocycles. The molecule has 0 spiro atoms. The molecule has 0 unspecified atom stereocenters. The standard InChI is InChI=1S/C22H22F4N2O3.C21H19F4N3O2/c1-13(2)8-20(30)28(17-5-3-4-16(23)10-17)12-15-7-6-14(9-18(15)24)19(29)11-27-22(31)21(25)26;1-12(2)8-18(29)28(16-5-3-4-15(22)10-16)11-14-7-6-13(9-17(14)23)20-26-27-21(30-20)19(24)25/h3-7,9-10,13,21H,8,11-12H2,1-2H3,(H,27,31);3-7,9-10,12,19H,8,11H2,1-2H3. The number of nitrogens with zero attached hydrogens (tertiary/aromatic N) is 4. The molecule has 5 aromatic rings. The van der Waals surface area contributed by atoms with Gasteiger partial charge in [0.15, 0.2) is 5.78 Å². The van der Waals surface area contributed by atoms with E-state index in [0.717, 1.165) is 12.1 Å². The predicted molar refractivity (Wildman–Crippen MR) is 208 cm³/mol. The zero-order valence-corrected chi connectivity index (χ0v) is 33.3. The summed E-state index contributed by atoms with van der Waals surface area (Å²) in [5, 5.41) is 8.46. The molecule has 324 valence electrons. The van der Waals surface area contributed by atoms with Gasteiger partial charge in [0.05, 0.1) is 19.6 Å². The number of hydrogen-bond donors (Lipinski definition) is 1. The zero-order valence-electron chi connectivity index (χ0n) is 33.3. The number of hydrogen-bond acceptors (Lipinski definition) is 7. The second-order valence-electron chi connectivity index (χ2n) is 14.4. The highest BCUT2D eigenvalue weighted by molar-refractivity contribution is 5.99. The molecule has 18 heteroatoms. The van der Waals surface area contributed by atoms with Crippen molar-refractivity contribution in [1.29, 1.82) is 0 Å². The van der Waals surface area contributed by atoms with Gasteiger partial charge in [-0.2, -0.15) is 17.6 Å². The fraction of sp³-hybridized carbons (Fsp3) is 0.302. The van der Waals surface area contributed by atoms with Gasteiger partial charge in [-0.1, -0.05) is 58.0 Å². The Morgan fingerprint density at radius 2 is 1.16 bits per heavy atom. The van der Waals surface area contributed by atoms with Crippen molar-refractivity contribution in [3.8, 4) is 11.5 Å². The molecule has 1 heterocycles. The van der Waals surface area contributed by atoms with E-state index >= 15 is 0 Å². The molecule has 0 radical (unpaired) electrons. The Kier molecular flexibility index (Phi) is 16.8. The van der Waals surface area contributed by atoms with Crippen LogP contribution >= 0.6 is 0 Å². The van der Waals surface area contributed by atoms with Crippen molar-refractivity contribution in [2.45, 2.75) is 66.5 Å². The molecular weight excluding hydrogens is 818 g/mol. The number of Topliss-reactive ketones (excluding diaryl/α,β-unsaturated/α-hetero) is 1. The first kappa shape index (κ1) is 47.2. The Hall–Kier alpha value is -6.46. The van der Waals surface area contributed by atoms with Gasteiger partial charge in [0, 0.05) is 46.5 Å². The molecule has 1 aromatic heterocycles. The molecule has 0 aliphatic heterocycles. The third kappa shape index (κ3) is 13.8. The van der Waals surface area contributed by atoms with Crippen LogP contribution < -0.4 is 15.1 Å². The monoisotopic (exact) mass is 859 g/mol. The molecule has 0 aliphatic rings. The first-order chi connectivity index (χ1) is 28.8. The summed E-state index contributed by atoms with van der Waals surface area (Å²) in [6.45, 7) is 6.39. The second-order valence-corrected chi connectivity index (χ2v) is 14.4. The number of nitrogens with one attached hydrogen (secondary N) is 1. The summed E-state index contributed by atoms with van der Waals surface area (Å²) < 4.78 is 111. The smallest absolute Gasteiger partial charge is 0.315 e. The van der Waals surface area contributed by atoms with E-state index in [0.29, 0.717) is 5.69 Å².